The number of methoxy groups -OCH3 is 1. The zero-order chi connectivity index (χ0) is 27.0. The number of rotatable bonds is 9. The van der Waals surface area contributed by atoms with Gasteiger partial charge in [0.05, 0.1) is 24.6 Å². The third kappa shape index (κ3) is 6.23. The zero-order valence-electron chi connectivity index (χ0n) is 21.9. The zero-order valence-corrected chi connectivity index (χ0v) is 21.9. The minimum absolute atomic E-state index is 0.179. The average molecular weight is 525 g/mol. The lowest BCUT2D eigenvalue weighted by Crippen LogP contribution is -2.47. The third-order valence-electron chi connectivity index (χ3n) is 6.83. The van der Waals surface area contributed by atoms with Crippen LogP contribution in [0, 0.1) is 0 Å². The molecule has 0 spiro atoms. The third-order valence-corrected chi connectivity index (χ3v) is 6.83. The second kappa shape index (κ2) is 12.2. The molecule has 2 heterocycles. The normalized spacial score (nSPS) is 13.2. The molecule has 2 amide bonds. The number of anilines is 3. The number of amides is 2. The molecule has 0 aliphatic carbocycles. The first-order valence-electron chi connectivity index (χ1n) is 13.1. The molecule has 0 bridgehead atoms. The van der Waals surface area contributed by atoms with Crippen molar-refractivity contribution in [2.75, 3.05) is 55.0 Å². The van der Waals surface area contributed by atoms with E-state index < -0.39 is 0 Å². The molecule has 8 nitrogen and oxygen atoms in total. The summed E-state index contributed by atoms with van der Waals surface area (Å²) in [7, 11) is 1.68. The van der Waals surface area contributed by atoms with E-state index in [4.69, 9.17) is 9.15 Å². The summed E-state index contributed by atoms with van der Waals surface area (Å²) in [6, 6.07) is 26.8. The van der Waals surface area contributed by atoms with Gasteiger partial charge in [0.25, 0.3) is 11.8 Å². The van der Waals surface area contributed by atoms with Gasteiger partial charge in [-0.2, -0.15) is 0 Å². The van der Waals surface area contributed by atoms with Gasteiger partial charge in [-0.05, 0) is 54.4 Å². The van der Waals surface area contributed by atoms with Gasteiger partial charge >= 0.3 is 0 Å². The molecular weight excluding hydrogens is 492 g/mol. The van der Waals surface area contributed by atoms with Gasteiger partial charge in [0.1, 0.15) is 5.75 Å². The van der Waals surface area contributed by atoms with E-state index in [1.807, 2.05) is 60.7 Å². The van der Waals surface area contributed by atoms with E-state index in [0.717, 1.165) is 55.3 Å². The van der Waals surface area contributed by atoms with Crippen LogP contribution in [0.25, 0.3) is 0 Å². The van der Waals surface area contributed by atoms with Crippen molar-refractivity contribution in [2.24, 2.45) is 0 Å². The fraction of sp³-hybridized carbons (Fsp3) is 0.226. The first-order valence-corrected chi connectivity index (χ1v) is 13.1. The summed E-state index contributed by atoms with van der Waals surface area (Å²) in [6.07, 6.45) is 2.18. The Labute approximate surface area is 228 Å². The van der Waals surface area contributed by atoms with Crippen LogP contribution >= 0.6 is 0 Å². The summed E-state index contributed by atoms with van der Waals surface area (Å²) < 4.78 is 10.8. The Bertz CT molecular complexity index is 1400. The van der Waals surface area contributed by atoms with Crippen LogP contribution in [0.5, 0.6) is 5.75 Å². The Kier molecular flexibility index (Phi) is 8.12. The van der Waals surface area contributed by atoms with Crippen molar-refractivity contribution in [3.63, 3.8) is 0 Å². The molecule has 1 fully saturated rings. The standard InChI is InChI=1S/C31H32N4O4/c1-38-28-11-6-5-10-27(28)35-19-17-34(18-20-35)26-14-13-24(33-31(37)29-12-7-21-39-29)22-25(26)30(36)32-16-15-23-8-3-2-4-9-23/h2-14,21-22H,15-20H2,1H3,(H,32,36)(H,33,37). The fourth-order valence-corrected chi connectivity index (χ4v) is 4.81. The van der Waals surface area contributed by atoms with Crippen LogP contribution in [0.4, 0.5) is 17.1 Å². The lowest BCUT2D eigenvalue weighted by molar-refractivity contribution is 0.0952. The minimum atomic E-state index is -0.367. The van der Waals surface area contributed by atoms with Gasteiger partial charge in [-0.3, -0.25) is 9.59 Å². The van der Waals surface area contributed by atoms with Gasteiger partial charge < -0.3 is 29.6 Å². The Balaban J connectivity index is 1.33. The van der Waals surface area contributed by atoms with Crippen LogP contribution < -0.4 is 25.2 Å². The van der Waals surface area contributed by atoms with E-state index in [2.05, 4.69) is 26.5 Å². The lowest BCUT2D eigenvalue weighted by atomic mass is 10.1. The molecule has 200 valence electrons. The van der Waals surface area contributed by atoms with Gasteiger partial charge in [0.15, 0.2) is 5.76 Å². The van der Waals surface area contributed by atoms with Crippen molar-refractivity contribution in [3.05, 3.63) is 108 Å². The van der Waals surface area contributed by atoms with E-state index in [-0.39, 0.29) is 17.6 Å². The molecule has 39 heavy (non-hydrogen) atoms. The molecule has 0 atom stereocenters. The number of nitrogens with zero attached hydrogens (tertiary/aromatic N) is 2. The fourth-order valence-electron chi connectivity index (χ4n) is 4.81. The number of carbonyl (C=O) groups is 2. The monoisotopic (exact) mass is 524 g/mol. The lowest BCUT2D eigenvalue weighted by Gasteiger charge is -2.38. The van der Waals surface area contributed by atoms with E-state index in [9.17, 15) is 9.59 Å². The SMILES string of the molecule is COc1ccccc1N1CCN(c2ccc(NC(=O)c3ccco3)cc2C(=O)NCCc2ccccc2)CC1. The maximum absolute atomic E-state index is 13.4. The van der Waals surface area contributed by atoms with Crippen molar-refractivity contribution < 1.29 is 18.7 Å². The average Bonchev–Trinajstić information content (AvgIpc) is 3.53. The molecular formula is C31H32N4O4. The predicted molar refractivity (Wildman–Crippen MR) is 153 cm³/mol. The van der Waals surface area contributed by atoms with Gasteiger partial charge in [0.2, 0.25) is 0 Å². The summed E-state index contributed by atoms with van der Waals surface area (Å²) in [5, 5.41) is 5.90. The highest BCUT2D eigenvalue weighted by molar-refractivity contribution is 6.05. The Morgan fingerprint density at radius 2 is 1.54 bits per heavy atom. The van der Waals surface area contributed by atoms with Gasteiger partial charge in [-0.25, -0.2) is 0 Å². The van der Waals surface area contributed by atoms with Crippen molar-refractivity contribution >= 4 is 28.9 Å². The van der Waals surface area contributed by atoms with Crippen LogP contribution in [0.15, 0.2) is 95.6 Å². The van der Waals surface area contributed by atoms with Crippen LogP contribution in [-0.4, -0.2) is 51.6 Å². The number of nitrogens with one attached hydrogen (secondary N) is 2. The second-order valence-corrected chi connectivity index (χ2v) is 9.30. The molecule has 1 aromatic heterocycles. The first-order chi connectivity index (χ1) is 19.1. The number of hydrogen-bond acceptors (Lipinski definition) is 6. The van der Waals surface area contributed by atoms with Crippen molar-refractivity contribution in [1.29, 1.82) is 0 Å². The summed E-state index contributed by atoms with van der Waals surface area (Å²) in [6.45, 7) is 3.55. The van der Waals surface area contributed by atoms with Crippen LogP contribution in [0.1, 0.15) is 26.5 Å². The quantitative estimate of drug-likeness (QED) is 0.326. The Hall–Kier alpha value is -4.72. The number of hydrogen-bond donors (Lipinski definition) is 2. The van der Waals surface area contributed by atoms with Crippen LogP contribution in [0.3, 0.4) is 0 Å². The molecule has 0 unspecified atom stereocenters. The maximum atomic E-state index is 13.4. The summed E-state index contributed by atoms with van der Waals surface area (Å²) in [4.78, 5) is 30.5. The van der Waals surface area contributed by atoms with E-state index in [1.165, 1.54) is 6.26 Å². The summed E-state index contributed by atoms with van der Waals surface area (Å²) in [5.74, 6) is 0.511. The smallest absolute Gasteiger partial charge is 0.291 e. The number of para-hydroxylation sites is 2. The van der Waals surface area contributed by atoms with E-state index in [1.54, 1.807) is 25.3 Å². The van der Waals surface area contributed by atoms with Crippen LogP contribution in [-0.2, 0) is 6.42 Å². The molecule has 8 heteroatoms. The highest BCUT2D eigenvalue weighted by Gasteiger charge is 2.24. The minimum Gasteiger partial charge on any atom is -0.495 e. The maximum Gasteiger partial charge on any atom is 0.291 e. The molecule has 5 rings (SSSR count). The van der Waals surface area contributed by atoms with Gasteiger partial charge in [0, 0.05) is 44.1 Å². The largest absolute Gasteiger partial charge is 0.495 e. The topological polar surface area (TPSA) is 87.1 Å². The molecule has 0 radical (unpaired) electrons. The number of furan rings is 1. The van der Waals surface area contributed by atoms with E-state index in [0.29, 0.717) is 17.8 Å². The molecule has 1 aliphatic heterocycles. The molecule has 4 aromatic rings. The number of carbonyl (C=O) groups excluding carboxylic acids is 2. The summed E-state index contributed by atoms with van der Waals surface area (Å²) >= 11 is 0. The van der Waals surface area contributed by atoms with E-state index >= 15 is 0 Å². The Morgan fingerprint density at radius 1 is 0.821 bits per heavy atom. The predicted octanol–water partition coefficient (Wildman–Crippen LogP) is 4.84. The number of ether oxygens (including phenoxy) is 1. The highest BCUT2D eigenvalue weighted by atomic mass is 16.5. The number of benzene rings is 3. The highest BCUT2D eigenvalue weighted by Crippen LogP contribution is 2.31. The molecule has 3 aromatic carbocycles. The second-order valence-electron chi connectivity index (χ2n) is 9.30. The van der Waals surface area contributed by atoms with Crippen molar-refractivity contribution in [1.82, 2.24) is 5.32 Å². The van der Waals surface area contributed by atoms with Crippen molar-refractivity contribution in [2.45, 2.75) is 6.42 Å². The van der Waals surface area contributed by atoms with Crippen LogP contribution in [0.2, 0.25) is 0 Å². The Morgan fingerprint density at radius 3 is 2.26 bits per heavy atom. The molecule has 0 saturated carbocycles. The molecule has 1 aliphatic rings. The first kappa shape index (κ1) is 25.9. The summed E-state index contributed by atoms with van der Waals surface area (Å²) in [5.41, 5.74) is 4.11. The molecule has 1 saturated heterocycles. The molecule has 2 N–H and O–H groups in total. The number of piperazine rings is 1. The van der Waals surface area contributed by atoms with Crippen molar-refractivity contribution in [3.8, 4) is 5.75 Å². The van der Waals surface area contributed by atoms with Gasteiger partial charge in [-0.1, -0.05) is 42.5 Å². The van der Waals surface area contributed by atoms with Gasteiger partial charge in [-0.15, -0.1) is 0 Å².